The number of hydrogen-bond acceptors (Lipinski definition) is 5. The molecule has 0 aromatic heterocycles. The van der Waals surface area contributed by atoms with Gasteiger partial charge >= 0.3 is 12.0 Å². The first-order chi connectivity index (χ1) is 9.35. The van der Waals surface area contributed by atoms with Gasteiger partial charge in [0, 0.05) is 17.2 Å². The molecular weight excluding hydrogens is 330 g/mol. The van der Waals surface area contributed by atoms with Crippen LogP contribution in [-0.4, -0.2) is 31.1 Å². The quantitative estimate of drug-likeness (QED) is 0.560. The molecule has 20 heavy (non-hydrogen) atoms. The number of nitrogens with one attached hydrogen (secondary N) is 2. The molecule has 8 heteroatoms. The predicted molar refractivity (Wildman–Crippen MR) is 76.0 cm³/mol. The van der Waals surface area contributed by atoms with Gasteiger partial charge in [0.25, 0.3) is 5.91 Å². The number of nitrogen functional groups attached to an aromatic ring is 1. The molecular formula is C12H14BrN3O4. The van der Waals surface area contributed by atoms with Gasteiger partial charge in [0.1, 0.15) is 0 Å². The molecule has 0 heterocycles. The molecule has 0 spiro atoms. The first kappa shape index (κ1) is 16.0. The maximum absolute atomic E-state index is 11.9. The fourth-order valence-electron chi connectivity index (χ4n) is 1.26. The number of anilines is 1. The lowest BCUT2D eigenvalue weighted by Gasteiger charge is -2.13. The first-order valence-electron chi connectivity index (χ1n) is 5.63. The fourth-order valence-corrected chi connectivity index (χ4v) is 1.62. The second-order valence-electron chi connectivity index (χ2n) is 3.85. The number of rotatable bonds is 3. The average molecular weight is 344 g/mol. The Morgan fingerprint density at radius 1 is 1.35 bits per heavy atom. The van der Waals surface area contributed by atoms with E-state index in [4.69, 9.17) is 10.5 Å². The highest BCUT2D eigenvalue weighted by atomic mass is 79.9. The number of hydrogen-bond donors (Lipinski definition) is 3. The minimum Gasteiger partial charge on any atom is -0.449 e. The Kier molecular flexibility index (Phi) is 5.51. The van der Waals surface area contributed by atoms with Crippen LogP contribution in [0.1, 0.15) is 17.3 Å². The third-order valence-corrected chi connectivity index (χ3v) is 2.85. The number of amides is 3. The zero-order valence-electron chi connectivity index (χ0n) is 10.9. The number of carbonyl (C=O) groups is 3. The Morgan fingerprint density at radius 2 is 2.00 bits per heavy atom. The molecule has 0 radical (unpaired) electrons. The van der Waals surface area contributed by atoms with E-state index in [1.54, 1.807) is 6.07 Å². The molecule has 3 amide bonds. The van der Waals surface area contributed by atoms with Crippen LogP contribution in [0.3, 0.4) is 0 Å². The molecule has 0 aliphatic heterocycles. The Hall–Kier alpha value is -2.09. The van der Waals surface area contributed by atoms with Crippen LogP contribution in [0, 0.1) is 0 Å². The van der Waals surface area contributed by atoms with E-state index in [9.17, 15) is 14.4 Å². The number of imide groups is 1. The first-order valence-corrected chi connectivity index (χ1v) is 6.43. The zero-order valence-corrected chi connectivity index (χ0v) is 12.5. The summed E-state index contributed by atoms with van der Waals surface area (Å²) in [4.78, 5) is 34.4. The lowest BCUT2D eigenvalue weighted by Crippen LogP contribution is -2.43. The van der Waals surface area contributed by atoms with Gasteiger partial charge in [-0.25, -0.2) is 9.59 Å². The lowest BCUT2D eigenvalue weighted by molar-refractivity contribution is -0.127. The van der Waals surface area contributed by atoms with Gasteiger partial charge in [-0.1, -0.05) is 15.9 Å². The smallest absolute Gasteiger partial charge is 0.341 e. The molecule has 108 valence electrons. The van der Waals surface area contributed by atoms with Crippen LogP contribution < -0.4 is 16.4 Å². The van der Waals surface area contributed by atoms with Gasteiger partial charge in [-0.15, -0.1) is 0 Å². The van der Waals surface area contributed by atoms with Crippen LogP contribution in [0.25, 0.3) is 0 Å². The standard InChI is InChI=1S/C12H14BrN3O4/c1-6(10(17)16-12(19)15-2)20-11(18)8-5-7(13)3-4-9(8)14/h3-6H,14H2,1-2H3,(H2,15,16,17,19)/t6-/m1/s1. The molecule has 0 fully saturated rings. The summed E-state index contributed by atoms with van der Waals surface area (Å²) >= 11 is 3.21. The van der Waals surface area contributed by atoms with Crippen molar-refractivity contribution in [3.63, 3.8) is 0 Å². The van der Waals surface area contributed by atoms with E-state index in [1.807, 2.05) is 5.32 Å². The molecule has 1 rings (SSSR count). The zero-order chi connectivity index (χ0) is 15.3. The van der Waals surface area contributed by atoms with Gasteiger partial charge in [-0.3, -0.25) is 10.1 Å². The van der Waals surface area contributed by atoms with Crippen molar-refractivity contribution in [1.29, 1.82) is 0 Å². The van der Waals surface area contributed by atoms with Crippen LogP contribution in [0.2, 0.25) is 0 Å². The average Bonchev–Trinajstić information content (AvgIpc) is 2.40. The van der Waals surface area contributed by atoms with E-state index in [1.165, 1.54) is 26.1 Å². The number of halogens is 1. The minimum atomic E-state index is -1.13. The Morgan fingerprint density at radius 3 is 2.60 bits per heavy atom. The van der Waals surface area contributed by atoms with Crippen LogP contribution in [-0.2, 0) is 9.53 Å². The van der Waals surface area contributed by atoms with Gasteiger partial charge in [0.05, 0.1) is 5.56 Å². The summed E-state index contributed by atoms with van der Waals surface area (Å²) in [7, 11) is 1.36. The third kappa shape index (κ3) is 4.23. The molecule has 1 aromatic carbocycles. The summed E-state index contributed by atoms with van der Waals surface area (Å²) in [5.41, 5.74) is 6.03. The number of carbonyl (C=O) groups excluding carboxylic acids is 3. The topological polar surface area (TPSA) is 111 Å². The lowest BCUT2D eigenvalue weighted by atomic mass is 10.2. The highest BCUT2D eigenvalue weighted by Crippen LogP contribution is 2.19. The largest absolute Gasteiger partial charge is 0.449 e. The van der Waals surface area contributed by atoms with Crippen molar-refractivity contribution in [2.45, 2.75) is 13.0 Å². The maximum Gasteiger partial charge on any atom is 0.341 e. The van der Waals surface area contributed by atoms with Crippen molar-refractivity contribution in [1.82, 2.24) is 10.6 Å². The molecule has 0 saturated heterocycles. The van der Waals surface area contributed by atoms with Crippen molar-refractivity contribution in [3.05, 3.63) is 28.2 Å². The van der Waals surface area contributed by atoms with Crippen molar-refractivity contribution in [3.8, 4) is 0 Å². The summed E-state index contributed by atoms with van der Waals surface area (Å²) in [6.07, 6.45) is -1.13. The second-order valence-corrected chi connectivity index (χ2v) is 4.76. The maximum atomic E-state index is 11.9. The van der Waals surface area contributed by atoms with Gasteiger partial charge in [0.2, 0.25) is 0 Å². The van der Waals surface area contributed by atoms with Crippen LogP contribution in [0.4, 0.5) is 10.5 Å². The summed E-state index contributed by atoms with van der Waals surface area (Å²) in [6.45, 7) is 1.35. The van der Waals surface area contributed by atoms with E-state index < -0.39 is 24.0 Å². The predicted octanol–water partition coefficient (Wildman–Crippen LogP) is 1.03. The van der Waals surface area contributed by atoms with Gasteiger partial charge in [-0.2, -0.15) is 0 Å². The molecule has 0 aliphatic carbocycles. The molecule has 1 aromatic rings. The van der Waals surface area contributed by atoms with E-state index in [0.29, 0.717) is 4.47 Å². The molecule has 1 atom stereocenters. The summed E-state index contributed by atoms with van der Waals surface area (Å²) < 4.78 is 5.60. The highest BCUT2D eigenvalue weighted by molar-refractivity contribution is 9.10. The normalized spacial score (nSPS) is 11.3. The van der Waals surface area contributed by atoms with Gasteiger partial charge in [-0.05, 0) is 25.1 Å². The number of urea groups is 1. The highest BCUT2D eigenvalue weighted by Gasteiger charge is 2.21. The van der Waals surface area contributed by atoms with E-state index in [-0.39, 0.29) is 11.3 Å². The molecule has 0 saturated carbocycles. The van der Waals surface area contributed by atoms with Crippen molar-refractivity contribution in [2.75, 3.05) is 12.8 Å². The van der Waals surface area contributed by atoms with Crippen LogP contribution in [0.5, 0.6) is 0 Å². The molecule has 0 unspecified atom stereocenters. The SMILES string of the molecule is CNC(=O)NC(=O)[C@@H](C)OC(=O)c1cc(Br)ccc1N. The monoisotopic (exact) mass is 343 g/mol. The summed E-state index contributed by atoms with van der Waals surface area (Å²) in [5.74, 6) is -1.48. The summed E-state index contributed by atoms with van der Waals surface area (Å²) in [5, 5.41) is 4.22. The Balaban J connectivity index is 2.72. The third-order valence-electron chi connectivity index (χ3n) is 2.35. The molecule has 0 aliphatic rings. The van der Waals surface area contributed by atoms with E-state index in [0.717, 1.165) is 0 Å². The fraction of sp³-hybridized carbons (Fsp3) is 0.250. The summed E-state index contributed by atoms with van der Waals surface area (Å²) in [6, 6.07) is 4.02. The van der Waals surface area contributed by atoms with Crippen LogP contribution in [0.15, 0.2) is 22.7 Å². The van der Waals surface area contributed by atoms with Crippen molar-refractivity contribution in [2.24, 2.45) is 0 Å². The molecule has 7 nitrogen and oxygen atoms in total. The van der Waals surface area contributed by atoms with E-state index in [2.05, 4.69) is 21.2 Å². The van der Waals surface area contributed by atoms with Crippen molar-refractivity contribution >= 4 is 39.5 Å². The van der Waals surface area contributed by atoms with Gasteiger partial charge < -0.3 is 15.8 Å². The molecule has 4 N–H and O–H groups in total. The van der Waals surface area contributed by atoms with Crippen molar-refractivity contribution < 1.29 is 19.1 Å². The molecule has 0 bridgehead atoms. The Labute approximate surface area is 124 Å². The minimum absolute atomic E-state index is 0.138. The number of nitrogens with two attached hydrogens (primary N) is 1. The second kappa shape index (κ2) is 6.90. The van der Waals surface area contributed by atoms with Crippen LogP contribution >= 0.6 is 15.9 Å². The number of benzene rings is 1. The van der Waals surface area contributed by atoms with E-state index >= 15 is 0 Å². The van der Waals surface area contributed by atoms with Gasteiger partial charge in [0.15, 0.2) is 6.10 Å². The number of ether oxygens (including phenoxy) is 1. The Bertz CT molecular complexity index is 548. The number of esters is 1.